The van der Waals surface area contributed by atoms with Crippen LogP contribution in [0.25, 0.3) is 0 Å². The molecule has 0 bridgehead atoms. The molecular formula is C6H6F3NO. The molecule has 0 fully saturated rings. The Kier molecular flexibility index (Phi) is 2.16. The lowest BCUT2D eigenvalue weighted by Gasteiger charge is -2.02. The number of halogens is 3. The molecule has 0 atom stereocenters. The predicted molar refractivity (Wildman–Crippen MR) is 30.9 cm³/mol. The van der Waals surface area contributed by atoms with Gasteiger partial charge in [-0.15, -0.1) is 0 Å². The SMILES string of the molecule is FC(F)(F)CCc1cnco1. The molecule has 0 saturated heterocycles. The summed E-state index contributed by atoms with van der Waals surface area (Å²) < 4.78 is 39.4. The molecule has 0 spiro atoms. The average molecular weight is 165 g/mol. The maximum Gasteiger partial charge on any atom is 0.389 e. The molecule has 5 heteroatoms. The Morgan fingerprint density at radius 3 is 2.64 bits per heavy atom. The molecule has 0 aliphatic heterocycles. The first-order valence-electron chi connectivity index (χ1n) is 3.02. The first-order chi connectivity index (χ1) is 5.08. The van der Waals surface area contributed by atoms with Gasteiger partial charge in [0.2, 0.25) is 0 Å². The molecule has 62 valence electrons. The summed E-state index contributed by atoms with van der Waals surface area (Å²) in [7, 11) is 0. The minimum Gasteiger partial charge on any atom is -0.449 e. The van der Waals surface area contributed by atoms with Crippen molar-refractivity contribution in [3.05, 3.63) is 18.4 Å². The van der Waals surface area contributed by atoms with Crippen LogP contribution in [0.2, 0.25) is 0 Å². The van der Waals surface area contributed by atoms with Crippen molar-refractivity contribution < 1.29 is 17.6 Å². The second kappa shape index (κ2) is 2.94. The van der Waals surface area contributed by atoms with E-state index < -0.39 is 12.6 Å². The summed E-state index contributed by atoms with van der Waals surface area (Å²) in [6.07, 6.45) is -2.71. The lowest BCUT2D eigenvalue weighted by molar-refractivity contribution is -0.134. The molecule has 1 heterocycles. The van der Waals surface area contributed by atoms with Crippen molar-refractivity contribution in [1.29, 1.82) is 0 Å². The topological polar surface area (TPSA) is 26.0 Å². The number of nitrogens with zero attached hydrogens (tertiary/aromatic N) is 1. The molecule has 1 rings (SSSR count). The Morgan fingerprint density at radius 2 is 2.18 bits per heavy atom. The van der Waals surface area contributed by atoms with Crippen molar-refractivity contribution in [2.45, 2.75) is 19.0 Å². The van der Waals surface area contributed by atoms with Crippen molar-refractivity contribution in [2.75, 3.05) is 0 Å². The van der Waals surface area contributed by atoms with Gasteiger partial charge in [-0.1, -0.05) is 0 Å². The van der Waals surface area contributed by atoms with Crippen LogP contribution in [0.4, 0.5) is 13.2 Å². The van der Waals surface area contributed by atoms with E-state index in [0.29, 0.717) is 0 Å². The van der Waals surface area contributed by atoms with E-state index in [-0.39, 0.29) is 12.2 Å². The third-order valence-electron chi connectivity index (χ3n) is 1.14. The van der Waals surface area contributed by atoms with Crippen molar-refractivity contribution in [2.24, 2.45) is 0 Å². The van der Waals surface area contributed by atoms with Gasteiger partial charge in [-0.3, -0.25) is 0 Å². The number of alkyl halides is 3. The van der Waals surface area contributed by atoms with Crippen molar-refractivity contribution in [3.8, 4) is 0 Å². The highest BCUT2D eigenvalue weighted by molar-refractivity contribution is 4.88. The zero-order chi connectivity index (χ0) is 8.32. The van der Waals surface area contributed by atoms with Gasteiger partial charge < -0.3 is 4.42 Å². The van der Waals surface area contributed by atoms with E-state index >= 15 is 0 Å². The van der Waals surface area contributed by atoms with E-state index in [9.17, 15) is 13.2 Å². The summed E-state index contributed by atoms with van der Waals surface area (Å²) in [5, 5.41) is 0. The molecule has 11 heavy (non-hydrogen) atoms. The van der Waals surface area contributed by atoms with Gasteiger partial charge in [-0.25, -0.2) is 4.98 Å². The highest BCUT2D eigenvalue weighted by Gasteiger charge is 2.26. The number of hydrogen-bond acceptors (Lipinski definition) is 2. The highest BCUT2D eigenvalue weighted by Crippen LogP contribution is 2.21. The van der Waals surface area contributed by atoms with Crippen LogP contribution in [0.1, 0.15) is 12.2 Å². The van der Waals surface area contributed by atoms with E-state index in [4.69, 9.17) is 0 Å². The van der Waals surface area contributed by atoms with Gasteiger partial charge in [-0.05, 0) is 0 Å². The Balaban J connectivity index is 2.35. The molecule has 0 aliphatic carbocycles. The van der Waals surface area contributed by atoms with Gasteiger partial charge in [0.1, 0.15) is 5.76 Å². The predicted octanol–water partition coefficient (Wildman–Crippen LogP) is 2.17. The molecule has 0 radical (unpaired) electrons. The van der Waals surface area contributed by atoms with Gasteiger partial charge >= 0.3 is 6.18 Å². The minimum atomic E-state index is -4.12. The van der Waals surface area contributed by atoms with Gasteiger partial charge in [-0.2, -0.15) is 13.2 Å². The molecule has 0 aromatic carbocycles. The van der Waals surface area contributed by atoms with Gasteiger partial charge in [0.25, 0.3) is 0 Å². The zero-order valence-corrected chi connectivity index (χ0v) is 5.56. The van der Waals surface area contributed by atoms with Crippen LogP contribution in [0.5, 0.6) is 0 Å². The number of aromatic nitrogens is 1. The summed E-state index contributed by atoms with van der Waals surface area (Å²) in [6.45, 7) is 0. The van der Waals surface area contributed by atoms with Crippen LogP contribution in [-0.4, -0.2) is 11.2 Å². The first kappa shape index (κ1) is 8.10. The van der Waals surface area contributed by atoms with Gasteiger partial charge in [0, 0.05) is 6.42 Å². The average Bonchev–Trinajstić information content (AvgIpc) is 2.32. The quantitative estimate of drug-likeness (QED) is 0.671. The van der Waals surface area contributed by atoms with E-state index in [2.05, 4.69) is 9.40 Å². The highest BCUT2D eigenvalue weighted by atomic mass is 19.4. The summed E-state index contributed by atoms with van der Waals surface area (Å²) >= 11 is 0. The molecule has 0 amide bonds. The third-order valence-corrected chi connectivity index (χ3v) is 1.14. The molecule has 0 unspecified atom stereocenters. The zero-order valence-electron chi connectivity index (χ0n) is 5.56. The summed E-state index contributed by atoms with van der Waals surface area (Å²) in [5.41, 5.74) is 0. The van der Waals surface area contributed by atoms with E-state index in [0.717, 1.165) is 6.39 Å². The van der Waals surface area contributed by atoms with E-state index in [1.165, 1.54) is 6.20 Å². The fourth-order valence-corrected chi connectivity index (χ4v) is 0.631. The standard InChI is InChI=1S/C6H6F3NO/c7-6(8,9)2-1-5-3-10-4-11-5/h3-4H,1-2H2. The van der Waals surface area contributed by atoms with Crippen LogP contribution in [0, 0.1) is 0 Å². The molecule has 1 aromatic rings. The number of hydrogen-bond donors (Lipinski definition) is 0. The molecule has 0 aliphatic rings. The van der Waals surface area contributed by atoms with Crippen molar-refractivity contribution in [1.82, 2.24) is 4.98 Å². The third kappa shape index (κ3) is 3.06. The van der Waals surface area contributed by atoms with Crippen LogP contribution < -0.4 is 0 Å². The molecule has 0 saturated carbocycles. The van der Waals surface area contributed by atoms with Crippen molar-refractivity contribution >= 4 is 0 Å². The summed E-state index contributed by atoms with van der Waals surface area (Å²) in [4.78, 5) is 3.49. The van der Waals surface area contributed by atoms with E-state index in [1.54, 1.807) is 0 Å². The Hall–Kier alpha value is -1.00. The summed E-state index contributed by atoms with van der Waals surface area (Å²) in [5.74, 6) is 0.266. The molecular weight excluding hydrogens is 159 g/mol. The molecule has 2 nitrogen and oxygen atoms in total. The maximum absolute atomic E-state index is 11.6. The monoisotopic (exact) mass is 165 g/mol. The fraction of sp³-hybridized carbons (Fsp3) is 0.500. The Bertz CT molecular complexity index is 204. The number of rotatable bonds is 2. The van der Waals surface area contributed by atoms with Gasteiger partial charge in [0.15, 0.2) is 6.39 Å². The Labute approximate surface area is 61.0 Å². The second-order valence-electron chi connectivity index (χ2n) is 2.08. The lowest BCUT2D eigenvalue weighted by Crippen LogP contribution is -2.08. The van der Waals surface area contributed by atoms with Crippen LogP contribution in [0.15, 0.2) is 17.0 Å². The number of oxazole rings is 1. The van der Waals surface area contributed by atoms with Crippen molar-refractivity contribution in [3.63, 3.8) is 0 Å². The Morgan fingerprint density at radius 1 is 1.45 bits per heavy atom. The number of aryl methyl sites for hydroxylation is 1. The van der Waals surface area contributed by atoms with Crippen LogP contribution >= 0.6 is 0 Å². The fourth-order valence-electron chi connectivity index (χ4n) is 0.631. The normalized spacial score (nSPS) is 11.9. The summed E-state index contributed by atoms with van der Waals surface area (Å²) in [6, 6.07) is 0. The smallest absolute Gasteiger partial charge is 0.389 e. The molecule has 1 aromatic heterocycles. The van der Waals surface area contributed by atoms with Crippen LogP contribution in [-0.2, 0) is 6.42 Å². The largest absolute Gasteiger partial charge is 0.449 e. The van der Waals surface area contributed by atoms with Crippen LogP contribution in [0.3, 0.4) is 0 Å². The molecule has 0 N–H and O–H groups in total. The lowest BCUT2D eigenvalue weighted by atomic mass is 10.2. The van der Waals surface area contributed by atoms with E-state index in [1.807, 2.05) is 0 Å². The first-order valence-corrected chi connectivity index (χ1v) is 3.02. The van der Waals surface area contributed by atoms with Gasteiger partial charge in [0.05, 0.1) is 12.6 Å². The maximum atomic E-state index is 11.6. The second-order valence-corrected chi connectivity index (χ2v) is 2.08. The minimum absolute atomic E-state index is 0.135.